The molecule has 0 saturated carbocycles. The second kappa shape index (κ2) is 5.34. The summed E-state index contributed by atoms with van der Waals surface area (Å²) >= 11 is 0. The number of rotatable bonds is 3. The highest BCUT2D eigenvalue weighted by Crippen LogP contribution is 2.45. The van der Waals surface area contributed by atoms with Gasteiger partial charge in [0.05, 0.1) is 5.66 Å². The zero-order valence-corrected chi connectivity index (χ0v) is 12.6. The van der Waals surface area contributed by atoms with Crippen LogP contribution < -0.4 is 20.9 Å². The van der Waals surface area contributed by atoms with Gasteiger partial charge < -0.3 is 25.7 Å². The summed E-state index contributed by atoms with van der Waals surface area (Å²) in [4.78, 5) is 35.9. The van der Waals surface area contributed by atoms with Crippen molar-refractivity contribution in [2.45, 2.75) is 31.3 Å². The van der Waals surface area contributed by atoms with E-state index < -0.39 is 41.3 Å². The number of piperidine rings is 1. The van der Waals surface area contributed by atoms with Gasteiger partial charge in [-0.3, -0.25) is 9.59 Å². The molecule has 0 radical (unpaired) electrons. The molecule has 0 aliphatic carbocycles. The molecule has 2 aliphatic heterocycles. The number of amides is 1. The van der Waals surface area contributed by atoms with Crippen LogP contribution >= 0.6 is 0 Å². The van der Waals surface area contributed by atoms with Crippen LogP contribution in [0.1, 0.15) is 31.2 Å². The van der Waals surface area contributed by atoms with Crippen molar-refractivity contribution in [1.82, 2.24) is 5.32 Å². The third kappa shape index (κ3) is 2.37. The van der Waals surface area contributed by atoms with Crippen LogP contribution in [0, 0.1) is 11.8 Å². The first-order valence-electron chi connectivity index (χ1n) is 7.49. The fourth-order valence-corrected chi connectivity index (χ4v) is 3.61. The molecule has 122 valence electrons. The lowest BCUT2D eigenvalue weighted by atomic mass is 9.70. The van der Waals surface area contributed by atoms with Gasteiger partial charge in [0, 0.05) is 17.8 Å². The Morgan fingerprint density at radius 2 is 2.17 bits per heavy atom. The minimum Gasteiger partial charge on any atom is -0.550 e. The molecule has 1 aromatic carbocycles. The van der Waals surface area contributed by atoms with Crippen molar-refractivity contribution in [1.29, 1.82) is 0 Å². The van der Waals surface area contributed by atoms with Crippen molar-refractivity contribution in [3.63, 3.8) is 0 Å². The summed E-state index contributed by atoms with van der Waals surface area (Å²) in [6.45, 7) is 1.66. The van der Waals surface area contributed by atoms with Crippen LogP contribution in [-0.2, 0) is 14.4 Å². The lowest BCUT2D eigenvalue weighted by Gasteiger charge is -2.47. The standard InChI is InChI=1S/C16H18N2O5/c1-2-10(14(20)21)16(17)7-9-8-5-3-4-6-11(8)23-15(22)12(9)13(19)18-16/h3-6,9-10,12H,2,7,17H2,1H3,(H,18,19)(H,20,21)/p-1. The van der Waals surface area contributed by atoms with Crippen molar-refractivity contribution in [3.8, 4) is 5.75 Å². The molecule has 4 atom stereocenters. The van der Waals surface area contributed by atoms with Gasteiger partial charge in [0.25, 0.3) is 0 Å². The fraction of sp³-hybridized carbons (Fsp3) is 0.438. The molecular weight excluding hydrogens is 300 g/mol. The highest BCUT2D eigenvalue weighted by Gasteiger charge is 2.53. The first-order chi connectivity index (χ1) is 10.9. The maximum absolute atomic E-state index is 12.4. The molecular formula is C16H17N2O5-. The van der Waals surface area contributed by atoms with Gasteiger partial charge in [-0.05, 0) is 24.5 Å². The number of aliphatic carboxylic acids is 1. The number of para-hydroxylation sites is 1. The molecule has 0 bridgehead atoms. The molecule has 7 nitrogen and oxygen atoms in total. The topological polar surface area (TPSA) is 122 Å². The summed E-state index contributed by atoms with van der Waals surface area (Å²) in [5.41, 5.74) is 5.44. The Bertz CT molecular complexity index is 689. The number of hydrogen-bond acceptors (Lipinski definition) is 6. The van der Waals surface area contributed by atoms with Gasteiger partial charge >= 0.3 is 5.97 Å². The average Bonchev–Trinajstić information content (AvgIpc) is 2.46. The minimum absolute atomic E-state index is 0.127. The molecule has 3 rings (SSSR count). The Morgan fingerprint density at radius 3 is 2.83 bits per heavy atom. The van der Waals surface area contributed by atoms with E-state index in [0.29, 0.717) is 11.3 Å². The molecule has 23 heavy (non-hydrogen) atoms. The smallest absolute Gasteiger partial charge is 0.324 e. The third-order valence-electron chi connectivity index (χ3n) is 4.70. The molecule has 7 heteroatoms. The molecule has 1 amide bonds. The van der Waals surface area contributed by atoms with Gasteiger partial charge in [-0.2, -0.15) is 0 Å². The molecule has 1 fully saturated rings. The number of nitrogens with one attached hydrogen (secondary N) is 1. The van der Waals surface area contributed by atoms with Crippen LogP contribution in [0.5, 0.6) is 5.75 Å². The van der Waals surface area contributed by atoms with Gasteiger partial charge in [-0.15, -0.1) is 0 Å². The van der Waals surface area contributed by atoms with Gasteiger partial charge in [0.15, 0.2) is 0 Å². The van der Waals surface area contributed by atoms with E-state index in [1.54, 1.807) is 31.2 Å². The van der Waals surface area contributed by atoms with Crippen LogP contribution in [0.15, 0.2) is 24.3 Å². The zero-order chi connectivity index (χ0) is 16.8. The van der Waals surface area contributed by atoms with Crippen molar-refractivity contribution in [2.24, 2.45) is 17.6 Å². The predicted octanol–water partition coefficient (Wildman–Crippen LogP) is -0.744. The van der Waals surface area contributed by atoms with Crippen LogP contribution in [0.2, 0.25) is 0 Å². The Balaban J connectivity index is 2.04. The van der Waals surface area contributed by atoms with Crippen molar-refractivity contribution in [3.05, 3.63) is 29.8 Å². The van der Waals surface area contributed by atoms with Crippen LogP contribution in [0.25, 0.3) is 0 Å². The number of carbonyl (C=O) groups is 3. The molecule has 2 heterocycles. The summed E-state index contributed by atoms with van der Waals surface area (Å²) in [6, 6.07) is 6.90. The largest absolute Gasteiger partial charge is 0.550 e. The SMILES string of the molecule is CCC(C(=O)[O-])C1(N)CC2c3ccccc3OC(=O)C2C(=O)N1. The number of esters is 1. The summed E-state index contributed by atoms with van der Waals surface area (Å²) < 4.78 is 5.20. The maximum Gasteiger partial charge on any atom is 0.324 e. The first kappa shape index (κ1) is 15.5. The number of carboxylic acid groups (broad SMARTS) is 1. The van der Waals surface area contributed by atoms with Gasteiger partial charge in [0.1, 0.15) is 11.7 Å². The number of ether oxygens (including phenoxy) is 1. The number of carboxylic acids is 1. The Hall–Kier alpha value is -2.41. The van der Waals surface area contributed by atoms with Gasteiger partial charge in [0.2, 0.25) is 5.91 Å². The van der Waals surface area contributed by atoms with Crippen LogP contribution in [-0.4, -0.2) is 23.5 Å². The molecule has 0 aromatic heterocycles. The van der Waals surface area contributed by atoms with E-state index >= 15 is 0 Å². The summed E-state index contributed by atoms with van der Waals surface area (Å²) in [5.74, 6) is -4.76. The quantitative estimate of drug-likeness (QED) is 0.430. The van der Waals surface area contributed by atoms with E-state index in [4.69, 9.17) is 10.5 Å². The van der Waals surface area contributed by atoms with Crippen molar-refractivity contribution < 1.29 is 24.2 Å². The molecule has 1 aromatic rings. The number of benzene rings is 1. The molecule has 0 spiro atoms. The molecule has 3 N–H and O–H groups in total. The lowest BCUT2D eigenvalue weighted by Crippen LogP contribution is -2.70. The maximum atomic E-state index is 12.4. The number of hydrogen-bond donors (Lipinski definition) is 2. The second-order valence-electron chi connectivity index (χ2n) is 6.06. The Kier molecular flexibility index (Phi) is 3.60. The van der Waals surface area contributed by atoms with E-state index in [1.165, 1.54) is 0 Å². The van der Waals surface area contributed by atoms with Gasteiger partial charge in [-0.25, -0.2) is 0 Å². The Labute approximate surface area is 132 Å². The summed E-state index contributed by atoms with van der Waals surface area (Å²) in [6.07, 6.45) is 0.338. The normalized spacial score (nSPS) is 30.5. The first-order valence-corrected chi connectivity index (χ1v) is 7.49. The average molecular weight is 317 g/mol. The number of carbonyl (C=O) groups excluding carboxylic acids is 3. The Morgan fingerprint density at radius 1 is 1.48 bits per heavy atom. The van der Waals surface area contributed by atoms with E-state index in [2.05, 4.69) is 5.32 Å². The number of nitrogens with two attached hydrogens (primary N) is 1. The van der Waals surface area contributed by atoms with Gasteiger partial charge in [-0.1, -0.05) is 25.1 Å². The van der Waals surface area contributed by atoms with E-state index in [1.807, 2.05) is 0 Å². The second-order valence-corrected chi connectivity index (χ2v) is 6.06. The van der Waals surface area contributed by atoms with Crippen molar-refractivity contribution in [2.75, 3.05) is 0 Å². The van der Waals surface area contributed by atoms with Crippen LogP contribution in [0.3, 0.4) is 0 Å². The molecule has 4 unspecified atom stereocenters. The fourth-order valence-electron chi connectivity index (χ4n) is 3.61. The lowest BCUT2D eigenvalue weighted by molar-refractivity contribution is -0.314. The molecule has 1 saturated heterocycles. The predicted molar refractivity (Wildman–Crippen MR) is 76.8 cm³/mol. The van der Waals surface area contributed by atoms with E-state index in [9.17, 15) is 19.5 Å². The van der Waals surface area contributed by atoms with E-state index in [0.717, 1.165) is 0 Å². The zero-order valence-electron chi connectivity index (χ0n) is 12.6. The monoisotopic (exact) mass is 317 g/mol. The van der Waals surface area contributed by atoms with Crippen LogP contribution in [0.4, 0.5) is 0 Å². The van der Waals surface area contributed by atoms with Crippen molar-refractivity contribution >= 4 is 17.8 Å². The summed E-state index contributed by atoms with van der Waals surface area (Å²) in [5, 5.41) is 13.9. The minimum atomic E-state index is -1.46. The highest BCUT2D eigenvalue weighted by atomic mass is 16.5. The third-order valence-corrected chi connectivity index (χ3v) is 4.70. The molecule has 2 aliphatic rings. The summed E-state index contributed by atoms with van der Waals surface area (Å²) in [7, 11) is 0. The highest BCUT2D eigenvalue weighted by molar-refractivity contribution is 6.02. The number of fused-ring (bicyclic) bond motifs is 3. The van der Waals surface area contributed by atoms with E-state index in [-0.39, 0.29) is 12.8 Å².